The van der Waals surface area contributed by atoms with Crippen LogP contribution in [0.1, 0.15) is 30.1 Å². The maximum atomic E-state index is 12.0. The highest BCUT2D eigenvalue weighted by Gasteiger charge is 2.38. The lowest BCUT2D eigenvalue weighted by Gasteiger charge is -2.07. The van der Waals surface area contributed by atoms with E-state index < -0.39 is 27.3 Å². The number of hydrogen-bond donors (Lipinski definition) is 3. The van der Waals surface area contributed by atoms with Gasteiger partial charge in [0.2, 0.25) is 10.0 Å². The molecule has 19 heavy (non-hydrogen) atoms. The number of aromatic carboxylic acids is 1. The minimum absolute atomic E-state index is 0.0721. The first-order valence-electron chi connectivity index (χ1n) is 5.93. The summed E-state index contributed by atoms with van der Waals surface area (Å²) < 4.78 is 26.6. The molecule has 1 saturated carbocycles. The molecule has 0 aromatic heterocycles. The Bertz CT molecular complexity index is 611. The number of aromatic hydroxyl groups is 1. The fourth-order valence-electron chi connectivity index (χ4n) is 1.96. The monoisotopic (exact) mass is 285 g/mol. The fraction of sp³-hybridized carbons (Fsp3) is 0.417. The van der Waals surface area contributed by atoms with E-state index in [1.54, 1.807) is 0 Å². The molecule has 1 aliphatic carbocycles. The first kappa shape index (κ1) is 13.8. The average molecular weight is 285 g/mol. The summed E-state index contributed by atoms with van der Waals surface area (Å²) in [7, 11) is -3.74. The van der Waals surface area contributed by atoms with Crippen molar-refractivity contribution in [2.45, 2.75) is 30.7 Å². The maximum absolute atomic E-state index is 12.0. The van der Waals surface area contributed by atoms with E-state index in [-0.39, 0.29) is 10.9 Å². The van der Waals surface area contributed by atoms with Gasteiger partial charge in [0.1, 0.15) is 11.3 Å². The van der Waals surface area contributed by atoms with Gasteiger partial charge in [0.25, 0.3) is 0 Å². The van der Waals surface area contributed by atoms with Crippen LogP contribution in [-0.2, 0) is 10.0 Å². The Morgan fingerprint density at radius 3 is 2.68 bits per heavy atom. The SMILES string of the molecule is CCC1CC1NS(=O)(=O)c1ccc(O)c(C(=O)O)c1. The highest BCUT2D eigenvalue weighted by Crippen LogP contribution is 2.34. The van der Waals surface area contributed by atoms with Crippen molar-refractivity contribution in [3.8, 4) is 5.75 Å². The van der Waals surface area contributed by atoms with Crippen LogP contribution in [0, 0.1) is 5.92 Å². The third-order valence-electron chi connectivity index (χ3n) is 3.26. The first-order chi connectivity index (χ1) is 8.85. The smallest absolute Gasteiger partial charge is 0.339 e. The summed E-state index contributed by atoms with van der Waals surface area (Å²) in [6, 6.07) is 3.15. The van der Waals surface area contributed by atoms with Crippen molar-refractivity contribution in [3.05, 3.63) is 23.8 Å². The van der Waals surface area contributed by atoms with Crippen molar-refractivity contribution in [1.29, 1.82) is 0 Å². The van der Waals surface area contributed by atoms with Crippen LogP contribution in [0.2, 0.25) is 0 Å². The molecule has 1 aliphatic rings. The molecule has 2 unspecified atom stereocenters. The molecule has 2 atom stereocenters. The minimum Gasteiger partial charge on any atom is -0.507 e. The summed E-state index contributed by atoms with van der Waals surface area (Å²) in [6.07, 6.45) is 1.71. The third kappa shape index (κ3) is 2.87. The van der Waals surface area contributed by atoms with Gasteiger partial charge in [0.15, 0.2) is 0 Å². The highest BCUT2D eigenvalue weighted by atomic mass is 32.2. The molecule has 2 rings (SSSR count). The number of carboxylic acid groups (broad SMARTS) is 1. The van der Waals surface area contributed by atoms with Crippen molar-refractivity contribution >= 4 is 16.0 Å². The van der Waals surface area contributed by atoms with E-state index in [1.165, 1.54) is 6.07 Å². The molecular formula is C12H15NO5S. The van der Waals surface area contributed by atoms with Crippen molar-refractivity contribution in [2.24, 2.45) is 5.92 Å². The standard InChI is InChI=1S/C12H15NO5S/c1-2-7-5-10(7)13-19(17,18)8-3-4-11(14)9(6-8)12(15)16/h3-4,6-7,10,13-14H,2,5H2,1H3,(H,15,16). The molecular weight excluding hydrogens is 270 g/mol. The Morgan fingerprint density at radius 2 is 2.16 bits per heavy atom. The fourth-order valence-corrected chi connectivity index (χ4v) is 3.31. The molecule has 1 aromatic carbocycles. The molecule has 0 bridgehead atoms. The van der Waals surface area contributed by atoms with Gasteiger partial charge in [-0.3, -0.25) is 0 Å². The lowest BCUT2D eigenvalue weighted by Crippen LogP contribution is -2.27. The van der Waals surface area contributed by atoms with Crippen LogP contribution >= 0.6 is 0 Å². The molecule has 0 aliphatic heterocycles. The van der Waals surface area contributed by atoms with E-state index >= 15 is 0 Å². The molecule has 0 heterocycles. The maximum Gasteiger partial charge on any atom is 0.339 e. The molecule has 0 spiro atoms. The molecule has 6 nitrogen and oxygen atoms in total. The van der Waals surface area contributed by atoms with E-state index in [0.717, 1.165) is 25.0 Å². The zero-order valence-electron chi connectivity index (χ0n) is 10.3. The second-order valence-electron chi connectivity index (χ2n) is 4.62. The molecule has 1 fully saturated rings. The van der Waals surface area contributed by atoms with Gasteiger partial charge in [-0.05, 0) is 30.5 Å². The van der Waals surface area contributed by atoms with Crippen LogP contribution in [0.5, 0.6) is 5.75 Å². The zero-order chi connectivity index (χ0) is 14.2. The predicted octanol–water partition coefficient (Wildman–Crippen LogP) is 1.17. The van der Waals surface area contributed by atoms with E-state index in [4.69, 9.17) is 5.11 Å². The Morgan fingerprint density at radius 1 is 1.47 bits per heavy atom. The Kier molecular flexibility index (Phi) is 3.51. The number of phenols is 1. The number of carboxylic acids is 1. The van der Waals surface area contributed by atoms with Crippen LogP contribution in [-0.4, -0.2) is 30.6 Å². The van der Waals surface area contributed by atoms with Crippen molar-refractivity contribution in [1.82, 2.24) is 4.72 Å². The van der Waals surface area contributed by atoms with Crippen LogP contribution < -0.4 is 4.72 Å². The van der Waals surface area contributed by atoms with Gasteiger partial charge in [-0.1, -0.05) is 13.3 Å². The Balaban J connectivity index is 2.26. The van der Waals surface area contributed by atoms with Gasteiger partial charge < -0.3 is 10.2 Å². The quantitative estimate of drug-likeness (QED) is 0.753. The highest BCUT2D eigenvalue weighted by molar-refractivity contribution is 7.89. The lowest BCUT2D eigenvalue weighted by molar-refractivity contribution is 0.0693. The summed E-state index contributed by atoms with van der Waals surface area (Å²) in [5.41, 5.74) is -0.425. The van der Waals surface area contributed by atoms with Gasteiger partial charge in [-0.15, -0.1) is 0 Å². The Hall–Kier alpha value is -1.60. The van der Waals surface area contributed by atoms with Crippen molar-refractivity contribution < 1.29 is 23.4 Å². The van der Waals surface area contributed by atoms with Crippen LogP contribution in [0.3, 0.4) is 0 Å². The third-order valence-corrected chi connectivity index (χ3v) is 4.75. The van der Waals surface area contributed by atoms with Gasteiger partial charge >= 0.3 is 5.97 Å². The average Bonchev–Trinajstić information content (AvgIpc) is 3.06. The van der Waals surface area contributed by atoms with E-state index in [2.05, 4.69) is 4.72 Å². The molecule has 104 valence electrons. The second kappa shape index (κ2) is 4.82. The van der Waals surface area contributed by atoms with Crippen molar-refractivity contribution in [2.75, 3.05) is 0 Å². The van der Waals surface area contributed by atoms with Crippen molar-refractivity contribution in [3.63, 3.8) is 0 Å². The first-order valence-corrected chi connectivity index (χ1v) is 7.42. The number of carbonyl (C=O) groups is 1. The molecule has 0 saturated heterocycles. The predicted molar refractivity (Wildman–Crippen MR) is 67.6 cm³/mol. The van der Waals surface area contributed by atoms with Crippen LogP contribution in [0.4, 0.5) is 0 Å². The molecule has 7 heteroatoms. The van der Waals surface area contributed by atoms with Crippen LogP contribution in [0.25, 0.3) is 0 Å². The number of nitrogens with one attached hydrogen (secondary N) is 1. The van der Waals surface area contributed by atoms with E-state index in [0.29, 0.717) is 5.92 Å². The van der Waals surface area contributed by atoms with Gasteiger partial charge in [0, 0.05) is 6.04 Å². The Labute approximate surface area is 111 Å². The summed E-state index contributed by atoms with van der Waals surface area (Å²) in [5.74, 6) is -1.47. The summed E-state index contributed by atoms with van der Waals surface area (Å²) >= 11 is 0. The normalized spacial score (nSPS) is 22.2. The minimum atomic E-state index is -3.74. The molecule has 3 N–H and O–H groups in total. The van der Waals surface area contributed by atoms with E-state index in [9.17, 15) is 18.3 Å². The van der Waals surface area contributed by atoms with Crippen LogP contribution in [0.15, 0.2) is 23.1 Å². The summed E-state index contributed by atoms with van der Waals surface area (Å²) in [4.78, 5) is 10.7. The van der Waals surface area contributed by atoms with Gasteiger partial charge in [0.05, 0.1) is 4.90 Å². The number of hydrogen-bond acceptors (Lipinski definition) is 4. The van der Waals surface area contributed by atoms with Gasteiger partial charge in [-0.25, -0.2) is 17.9 Å². The summed E-state index contributed by atoms with van der Waals surface area (Å²) in [6.45, 7) is 1.99. The topological polar surface area (TPSA) is 104 Å². The molecule has 0 amide bonds. The van der Waals surface area contributed by atoms with Gasteiger partial charge in [-0.2, -0.15) is 0 Å². The lowest BCUT2D eigenvalue weighted by atomic mass is 10.2. The number of benzene rings is 1. The zero-order valence-corrected chi connectivity index (χ0v) is 11.1. The largest absolute Gasteiger partial charge is 0.507 e. The van der Waals surface area contributed by atoms with E-state index in [1.807, 2.05) is 6.92 Å². The number of sulfonamides is 1. The number of rotatable bonds is 5. The molecule has 0 radical (unpaired) electrons. The molecule has 1 aromatic rings. The summed E-state index contributed by atoms with van der Waals surface area (Å²) in [5, 5.41) is 18.2. The second-order valence-corrected chi connectivity index (χ2v) is 6.33.